The first-order chi connectivity index (χ1) is 12.6. The Balaban J connectivity index is 2.06. The van der Waals surface area contributed by atoms with Gasteiger partial charge in [-0.1, -0.05) is 62.4 Å². The molecule has 0 saturated heterocycles. The van der Waals surface area contributed by atoms with Gasteiger partial charge in [-0.15, -0.1) is 0 Å². The van der Waals surface area contributed by atoms with Crippen molar-refractivity contribution in [1.82, 2.24) is 4.90 Å². The predicted molar refractivity (Wildman–Crippen MR) is 109 cm³/mol. The molecule has 0 aromatic heterocycles. The summed E-state index contributed by atoms with van der Waals surface area (Å²) in [6.45, 7) is 7.27. The van der Waals surface area contributed by atoms with Crippen LogP contribution in [-0.2, 0) is 16.6 Å². The molecule has 0 fully saturated rings. The summed E-state index contributed by atoms with van der Waals surface area (Å²) in [5, 5.41) is 0. The summed E-state index contributed by atoms with van der Waals surface area (Å²) in [6.07, 6.45) is 2.96. The summed E-state index contributed by atoms with van der Waals surface area (Å²) in [6, 6.07) is 18.8. The molecule has 3 nitrogen and oxygen atoms in total. The molecule has 2 aromatic rings. The number of likely N-dealkylation sites (N-methyl/N-ethyl adjacent to an activating group) is 1. The van der Waals surface area contributed by atoms with Gasteiger partial charge >= 0.3 is 0 Å². The van der Waals surface area contributed by atoms with E-state index in [1.165, 1.54) is 11.1 Å². The first-order valence-electron chi connectivity index (χ1n) is 9.76. The zero-order valence-electron chi connectivity index (χ0n) is 16.2. The van der Waals surface area contributed by atoms with E-state index in [2.05, 4.69) is 61.2 Å². The van der Waals surface area contributed by atoms with Crippen molar-refractivity contribution in [3.8, 4) is 0 Å². The lowest BCUT2D eigenvalue weighted by Gasteiger charge is -2.35. The van der Waals surface area contributed by atoms with Crippen LogP contribution in [0.25, 0.3) is 0 Å². The molecule has 1 atom stereocenters. The number of rotatable bonds is 8. The zero-order valence-corrected chi connectivity index (χ0v) is 16.2. The first-order valence-corrected chi connectivity index (χ1v) is 9.76. The third kappa shape index (κ3) is 3.41. The van der Waals surface area contributed by atoms with Gasteiger partial charge in [0.1, 0.15) is 0 Å². The molecular formula is C23H30N2O. The van der Waals surface area contributed by atoms with Gasteiger partial charge in [-0.2, -0.15) is 0 Å². The standard InChI is InChI=1S/C23H30N2O/c1-4-15-25(16-5-2)18-23(17-19-11-7-6-8-12-19)20-13-9-10-14-21(20)24(3)22(23)26/h6-14H,4-5,15-18H2,1-3H3. The number of carbonyl (C=O) groups is 1. The molecule has 1 aliphatic rings. The largest absolute Gasteiger partial charge is 0.314 e. The quantitative estimate of drug-likeness (QED) is 0.710. The van der Waals surface area contributed by atoms with E-state index >= 15 is 0 Å². The monoisotopic (exact) mass is 350 g/mol. The number of hydrogen-bond donors (Lipinski definition) is 0. The number of carbonyl (C=O) groups excluding carboxylic acids is 1. The molecule has 1 amide bonds. The van der Waals surface area contributed by atoms with E-state index in [-0.39, 0.29) is 5.91 Å². The number of hydrogen-bond acceptors (Lipinski definition) is 2. The molecule has 0 spiro atoms. The molecule has 0 radical (unpaired) electrons. The van der Waals surface area contributed by atoms with Gasteiger partial charge in [-0.3, -0.25) is 4.79 Å². The highest BCUT2D eigenvalue weighted by atomic mass is 16.2. The molecule has 1 aliphatic heterocycles. The SMILES string of the molecule is CCCN(CCC)CC1(Cc2ccccc2)C(=O)N(C)c2ccccc21. The fraction of sp³-hybridized carbons (Fsp3) is 0.435. The van der Waals surface area contributed by atoms with Crippen molar-refractivity contribution < 1.29 is 4.79 Å². The van der Waals surface area contributed by atoms with Gasteiger partial charge in [-0.25, -0.2) is 0 Å². The number of fused-ring (bicyclic) bond motifs is 1. The van der Waals surface area contributed by atoms with Gasteiger partial charge in [0, 0.05) is 19.3 Å². The fourth-order valence-electron chi connectivity index (χ4n) is 4.32. The van der Waals surface area contributed by atoms with E-state index < -0.39 is 5.41 Å². The van der Waals surface area contributed by atoms with Crippen molar-refractivity contribution in [2.45, 2.75) is 38.5 Å². The van der Waals surface area contributed by atoms with Gasteiger partial charge in [-0.05, 0) is 49.5 Å². The number of nitrogens with zero attached hydrogens (tertiary/aromatic N) is 2. The average molecular weight is 351 g/mol. The van der Waals surface area contributed by atoms with Gasteiger partial charge < -0.3 is 9.80 Å². The number of para-hydroxylation sites is 1. The fourth-order valence-corrected chi connectivity index (χ4v) is 4.32. The van der Waals surface area contributed by atoms with Gasteiger partial charge in [0.25, 0.3) is 0 Å². The van der Waals surface area contributed by atoms with Crippen LogP contribution in [-0.4, -0.2) is 37.5 Å². The van der Waals surface area contributed by atoms with E-state index in [1.54, 1.807) is 0 Å². The smallest absolute Gasteiger partial charge is 0.239 e. The van der Waals surface area contributed by atoms with Crippen molar-refractivity contribution in [3.05, 3.63) is 65.7 Å². The Labute approximate surface area is 157 Å². The highest BCUT2D eigenvalue weighted by molar-refractivity contribution is 6.08. The molecule has 3 heteroatoms. The molecule has 3 rings (SSSR count). The maximum Gasteiger partial charge on any atom is 0.239 e. The Hall–Kier alpha value is -2.13. The van der Waals surface area contributed by atoms with Crippen LogP contribution in [0.5, 0.6) is 0 Å². The predicted octanol–water partition coefficient (Wildman–Crippen LogP) is 4.27. The van der Waals surface area contributed by atoms with E-state index in [1.807, 2.05) is 24.1 Å². The molecule has 1 unspecified atom stereocenters. The van der Waals surface area contributed by atoms with E-state index in [0.29, 0.717) is 0 Å². The number of benzene rings is 2. The minimum atomic E-state index is -0.503. The lowest BCUT2D eigenvalue weighted by Crippen LogP contribution is -2.49. The molecule has 1 heterocycles. The van der Waals surface area contributed by atoms with Crippen LogP contribution in [0.2, 0.25) is 0 Å². The van der Waals surface area contributed by atoms with Crippen LogP contribution in [0, 0.1) is 0 Å². The topological polar surface area (TPSA) is 23.6 Å². The summed E-state index contributed by atoms with van der Waals surface area (Å²) >= 11 is 0. The van der Waals surface area contributed by atoms with Crippen molar-refractivity contribution in [3.63, 3.8) is 0 Å². The summed E-state index contributed by atoms with van der Waals surface area (Å²) in [7, 11) is 1.91. The molecule has 0 saturated carbocycles. The Morgan fingerprint density at radius 3 is 2.19 bits per heavy atom. The second kappa shape index (κ2) is 8.05. The van der Waals surface area contributed by atoms with Crippen molar-refractivity contribution in [2.75, 3.05) is 31.6 Å². The minimum Gasteiger partial charge on any atom is -0.314 e. The highest BCUT2D eigenvalue weighted by Gasteiger charge is 2.50. The van der Waals surface area contributed by atoms with Crippen LogP contribution >= 0.6 is 0 Å². The van der Waals surface area contributed by atoms with E-state index in [4.69, 9.17) is 0 Å². The van der Waals surface area contributed by atoms with Crippen molar-refractivity contribution >= 4 is 11.6 Å². The van der Waals surface area contributed by atoms with E-state index in [0.717, 1.165) is 44.6 Å². The zero-order chi connectivity index (χ0) is 18.6. The highest BCUT2D eigenvalue weighted by Crippen LogP contribution is 2.43. The third-order valence-corrected chi connectivity index (χ3v) is 5.42. The summed E-state index contributed by atoms with van der Waals surface area (Å²) in [5.41, 5.74) is 2.95. The Bertz CT molecular complexity index is 737. The van der Waals surface area contributed by atoms with Crippen molar-refractivity contribution in [2.24, 2.45) is 0 Å². The summed E-state index contributed by atoms with van der Waals surface area (Å²) < 4.78 is 0. The molecule has 2 aromatic carbocycles. The number of amides is 1. The number of anilines is 1. The van der Waals surface area contributed by atoms with E-state index in [9.17, 15) is 4.79 Å². The summed E-state index contributed by atoms with van der Waals surface area (Å²) in [5.74, 6) is 0.222. The third-order valence-electron chi connectivity index (χ3n) is 5.42. The molecule has 0 N–H and O–H groups in total. The Kier molecular flexibility index (Phi) is 5.77. The first kappa shape index (κ1) is 18.7. The van der Waals surface area contributed by atoms with Gasteiger partial charge in [0.05, 0.1) is 5.41 Å². The molecule has 26 heavy (non-hydrogen) atoms. The molecule has 0 aliphatic carbocycles. The van der Waals surface area contributed by atoms with Crippen LogP contribution < -0.4 is 4.90 Å². The van der Waals surface area contributed by atoms with Crippen molar-refractivity contribution in [1.29, 1.82) is 0 Å². The van der Waals surface area contributed by atoms with Crippen LogP contribution in [0.1, 0.15) is 37.8 Å². The lowest BCUT2D eigenvalue weighted by molar-refractivity contribution is -0.123. The lowest BCUT2D eigenvalue weighted by atomic mass is 9.75. The van der Waals surface area contributed by atoms with Crippen LogP contribution in [0.3, 0.4) is 0 Å². The average Bonchev–Trinajstić information content (AvgIpc) is 2.86. The van der Waals surface area contributed by atoms with Gasteiger partial charge in [0.2, 0.25) is 5.91 Å². The van der Waals surface area contributed by atoms with Gasteiger partial charge in [0.15, 0.2) is 0 Å². The summed E-state index contributed by atoms with van der Waals surface area (Å²) in [4.78, 5) is 17.9. The molecule has 138 valence electrons. The minimum absolute atomic E-state index is 0.222. The molecular weight excluding hydrogens is 320 g/mol. The second-order valence-corrected chi connectivity index (χ2v) is 7.40. The Morgan fingerprint density at radius 2 is 1.54 bits per heavy atom. The van der Waals surface area contributed by atoms with Crippen LogP contribution in [0.4, 0.5) is 5.69 Å². The molecule has 0 bridgehead atoms. The normalized spacial score (nSPS) is 19.2. The maximum absolute atomic E-state index is 13.5. The van der Waals surface area contributed by atoms with Crippen LogP contribution in [0.15, 0.2) is 54.6 Å². The Morgan fingerprint density at radius 1 is 0.923 bits per heavy atom. The second-order valence-electron chi connectivity index (χ2n) is 7.40. The maximum atomic E-state index is 13.5.